The number of carbonyl (C=O) groups excluding carboxylic acids is 1. The molecule has 0 spiro atoms. The molecule has 0 saturated heterocycles. The third-order valence-electron chi connectivity index (χ3n) is 5.15. The fourth-order valence-corrected chi connectivity index (χ4v) is 3.58. The van der Waals surface area contributed by atoms with Crippen molar-refractivity contribution in [1.29, 1.82) is 0 Å². The van der Waals surface area contributed by atoms with Gasteiger partial charge in [0.05, 0.1) is 23.5 Å². The van der Waals surface area contributed by atoms with Crippen LogP contribution in [-0.2, 0) is 0 Å². The highest BCUT2D eigenvalue weighted by Gasteiger charge is 2.32. The molecule has 2 aromatic rings. The lowest BCUT2D eigenvalue weighted by atomic mass is 10.2. The predicted octanol–water partition coefficient (Wildman–Crippen LogP) is 3.09. The van der Waals surface area contributed by atoms with Crippen LogP contribution in [0.1, 0.15) is 49.3 Å². The van der Waals surface area contributed by atoms with E-state index in [0.717, 1.165) is 49.0 Å². The van der Waals surface area contributed by atoms with Gasteiger partial charge in [-0.05, 0) is 51.2 Å². The summed E-state index contributed by atoms with van der Waals surface area (Å²) >= 11 is 0. The number of anilines is 1. The SMILES string of the molecule is Cc1c(C2CC2)nn(-c2ccccc2)c1NC(=O)NC1CCCC1O. The zero-order valence-corrected chi connectivity index (χ0v) is 14.4. The summed E-state index contributed by atoms with van der Waals surface area (Å²) in [4.78, 5) is 12.5. The second-order valence-corrected chi connectivity index (χ2v) is 7.08. The van der Waals surface area contributed by atoms with Crippen LogP contribution >= 0.6 is 0 Å². The molecule has 0 aliphatic heterocycles. The molecule has 132 valence electrons. The van der Waals surface area contributed by atoms with Crippen molar-refractivity contribution in [1.82, 2.24) is 15.1 Å². The summed E-state index contributed by atoms with van der Waals surface area (Å²) < 4.78 is 1.81. The van der Waals surface area contributed by atoms with Crippen molar-refractivity contribution in [2.24, 2.45) is 0 Å². The van der Waals surface area contributed by atoms with E-state index in [2.05, 4.69) is 10.6 Å². The number of nitrogens with one attached hydrogen (secondary N) is 2. The van der Waals surface area contributed by atoms with E-state index in [-0.39, 0.29) is 12.1 Å². The predicted molar refractivity (Wildman–Crippen MR) is 96.1 cm³/mol. The van der Waals surface area contributed by atoms with Gasteiger partial charge in [0, 0.05) is 11.5 Å². The Bertz CT molecular complexity index is 767. The number of amides is 2. The second-order valence-electron chi connectivity index (χ2n) is 7.08. The Morgan fingerprint density at radius 3 is 2.60 bits per heavy atom. The molecule has 6 heteroatoms. The Balaban J connectivity index is 1.60. The molecule has 0 bridgehead atoms. The molecule has 2 aliphatic rings. The minimum Gasteiger partial charge on any atom is -0.391 e. The number of hydrogen-bond donors (Lipinski definition) is 3. The van der Waals surface area contributed by atoms with E-state index < -0.39 is 6.10 Å². The Morgan fingerprint density at radius 2 is 1.96 bits per heavy atom. The summed E-state index contributed by atoms with van der Waals surface area (Å²) in [6.45, 7) is 2.01. The molecule has 0 radical (unpaired) electrons. The number of benzene rings is 1. The molecular formula is C19H24N4O2. The number of hydrogen-bond acceptors (Lipinski definition) is 3. The molecule has 1 aromatic carbocycles. The topological polar surface area (TPSA) is 79.2 Å². The summed E-state index contributed by atoms with van der Waals surface area (Å²) in [7, 11) is 0. The van der Waals surface area contributed by atoms with E-state index in [1.165, 1.54) is 0 Å². The summed E-state index contributed by atoms with van der Waals surface area (Å²) in [6.07, 6.45) is 4.38. The molecule has 2 amide bonds. The molecule has 2 atom stereocenters. The molecule has 25 heavy (non-hydrogen) atoms. The third-order valence-corrected chi connectivity index (χ3v) is 5.15. The number of urea groups is 1. The van der Waals surface area contributed by atoms with Crippen LogP contribution in [0.25, 0.3) is 5.69 Å². The first-order chi connectivity index (χ1) is 12.1. The van der Waals surface area contributed by atoms with Gasteiger partial charge in [0.15, 0.2) is 0 Å². The summed E-state index contributed by atoms with van der Waals surface area (Å²) in [5.41, 5.74) is 3.02. The Hall–Kier alpha value is -2.34. The highest BCUT2D eigenvalue weighted by Crippen LogP contribution is 2.42. The van der Waals surface area contributed by atoms with Crippen LogP contribution in [0.2, 0.25) is 0 Å². The lowest BCUT2D eigenvalue weighted by Gasteiger charge is -2.17. The van der Waals surface area contributed by atoms with E-state index in [4.69, 9.17) is 5.10 Å². The summed E-state index contributed by atoms with van der Waals surface area (Å²) in [6, 6.07) is 9.39. The summed E-state index contributed by atoms with van der Waals surface area (Å²) in [5, 5.41) is 20.5. The minimum absolute atomic E-state index is 0.170. The van der Waals surface area contributed by atoms with Crippen LogP contribution < -0.4 is 10.6 Å². The number of rotatable bonds is 4. The normalized spacial score (nSPS) is 22.8. The van der Waals surface area contributed by atoms with Crippen molar-refractivity contribution < 1.29 is 9.90 Å². The molecule has 6 nitrogen and oxygen atoms in total. The molecule has 1 heterocycles. The van der Waals surface area contributed by atoms with Gasteiger partial charge in [-0.3, -0.25) is 5.32 Å². The molecule has 1 aromatic heterocycles. The highest BCUT2D eigenvalue weighted by atomic mass is 16.3. The average Bonchev–Trinajstić information content (AvgIpc) is 3.31. The number of para-hydroxylation sites is 1. The average molecular weight is 340 g/mol. The molecule has 2 saturated carbocycles. The van der Waals surface area contributed by atoms with Crippen molar-refractivity contribution >= 4 is 11.8 Å². The zero-order valence-electron chi connectivity index (χ0n) is 14.4. The third kappa shape index (κ3) is 3.26. The number of carbonyl (C=O) groups is 1. The van der Waals surface area contributed by atoms with Gasteiger partial charge < -0.3 is 10.4 Å². The first kappa shape index (κ1) is 16.1. The second kappa shape index (κ2) is 6.52. The monoisotopic (exact) mass is 340 g/mol. The number of aromatic nitrogens is 2. The largest absolute Gasteiger partial charge is 0.391 e. The van der Waals surface area contributed by atoms with Gasteiger partial charge in [-0.2, -0.15) is 5.10 Å². The molecule has 2 aliphatic carbocycles. The van der Waals surface area contributed by atoms with Gasteiger partial charge >= 0.3 is 6.03 Å². The van der Waals surface area contributed by atoms with Gasteiger partial charge in [0.1, 0.15) is 5.82 Å². The van der Waals surface area contributed by atoms with Crippen molar-refractivity contribution in [3.63, 3.8) is 0 Å². The van der Waals surface area contributed by atoms with E-state index >= 15 is 0 Å². The van der Waals surface area contributed by atoms with Crippen molar-refractivity contribution in [3.05, 3.63) is 41.6 Å². The minimum atomic E-state index is -0.451. The molecular weight excluding hydrogens is 316 g/mol. The number of nitrogens with zero attached hydrogens (tertiary/aromatic N) is 2. The lowest BCUT2D eigenvalue weighted by molar-refractivity contribution is 0.151. The van der Waals surface area contributed by atoms with Crippen LogP contribution in [0.4, 0.5) is 10.6 Å². The molecule has 2 fully saturated rings. The van der Waals surface area contributed by atoms with E-state index in [1.807, 2.05) is 41.9 Å². The van der Waals surface area contributed by atoms with Crippen LogP contribution in [0.3, 0.4) is 0 Å². The standard InChI is InChI=1S/C19H24N4O2/c1-12-17(13-10-11-13)22-23(14-6-3-2-4-7-14)18(12)21-19(25)20-15-8-5-9-16(15)24/h2-4,6-7,13,15-16,24H,5,8-11H2,1H3,(H2,20,21,25). The Kier molecular flexibility index (Phi) is 4.21. The van der Waals surface area contributed by atoms with E-state index in [1.54, 1.807) is 0 Å². The van der Waals surface area contributed by atoms with Crippen molar-refractivity contribution in [2.45, 2.75) is 57.1 Å². The summed E-state index contributed by atoms with van der Waals surface area (Å²) in [5.74, 6) is 1.21. The molecule has 2 unspecified atom stereocenters. The fourth-order valence-electron chi connectivity index (χ4n) is 3.58. The zero-order chi connectivity index (χ0) is 17.4. The first-order valence-corrected chi connectivity index (χ1v) is 9.04. The van der Waals surface area contributed by atoms with Gasteiger partial charge in [0.2, 0.25) is 0 Å². The van der Waals surface area contributed by atoms with Crippen LogP contribution in [0.15, 0.2) is 30.3 Å². The lowest BCUT2D eigenvalue weighted by Crippen LogP contribution is -2.42. The Labute approximate surface area is 147 Å². The number of aliphatic hydroxyl groups excluding tert-OH is 1. The van der Waals surface area contributed by atoms with E-state index in [0.29, 0.717) is 11.7 Å². The molecule has 4 rings (SSSR count). The highest BCUT2D eigenvalue weighted by molar-refractivity contribution is 5.90. The van der Waals surface area contributed by atoms with Crippen LogP contribution in [-0.4, -0.2) is 33.1 Å². The van der Waals surface area contributed by atoms with Gasteiger partial charge in [-0.1, -0.05) is 18.2 Å². The number of aliphatic hydroxyl groups is 1. The quantitative estimate of drug-likeness (QED) is 0.800. The van der Waals surface area contributed by atoms with Gasteiger partial charge in [-0.15, -0.1) is 0 Å². The van der Waals surface area contributed by atoms with E-state index in [9.17, 15) is 9.90 Å². The van der Waals surface area contributed by atoms with Gasteiger partial charge in [-0.25, -0.2) is 9.48 Å². The van der Waals surface area contributed by atoms with Crippen molar-refractivity contribution in [3.8, 4) is 5.69 Å². The van der Waals surface area contributed by atoms with Crippen LogP contribution in [0.5, 0.6) is 0 Å². The first-order valence-electron chi connectivity index (χ1n) is 9.04. The van der Waals surface area contributed by atoms with Crippen molar-refractivity contribution in [2.75, 3.05) is 5.32 Å². The van der Waals surface area contributed by atoms with Crippen LogP contribution in [0, 0.1) is 6.92 Å². The molecule has 3 N–H and O–H groups in total. The maximum atomic E-state index is 12.5. The maximum Gasteiger partial charge on any atom is 0.320 e. The smallest absolute Gasteiger partial charge is 0.320 e. The fraction of sp³-hybridized carbons (Fsp3) is 0.474. The maximum absolute atomic E-state index is 12.5. The van der Waals surface area contributed by atoms with Gasteiger partial charge in [0.25, 0.3) is 0 Å². The Morgan fingerprint density at radius 1 is 1.20 bits per heavy atom.